The quantitative estimate of drug-likeness (QED) is 0.743. The van der Waals surface area contributed by atoms with Crippen LogP contribution >= 0.6 is 0 Å². The fourth-order valence-electron chi connectivity index (χ4n) is 3.41. The van der Waals surface area contributed by atoms with Crippen LogP contribution in [-0.2, 0) is 9.47 Å². The first-order valence-corrected chi connectivity index (χ1v) is 9.85. The standard InChI is InChI=1S/C22H27F2N3O3/c1-22(2,3)30-21(28)26-18-9-11-27(13-17(18)24)19-8-7-16(23)15-6-5-14(10-12-29-4)25-20(15)19/h5-8,10,12,17-18H,9,11,13H2,1-4H3,(H,26,28)/t17-,18+/m0/s1. The van der Waals surface area contributed by atoms with Crippen LogP contribution in [0.5, 0.6) is 0 Å². The lowest BCUT2D eigenvalue weighted by molar-refractivity contribution is 0.0463. The summed E-state index contributed by atoms with van der Waals surface area (Å²) in [5, 5.41) is 2.98. The number of methoxy groups -OCH3 is 1. The third-order valence-corrected chi connectivity index (χ3v) is 4.76. The molecule has 2 aromatic rings. The Labute approximate surface area is 174 Å². The second-order valence-electron chi connectivity index (χ2n) is 8.24. The van der Waals surface area contributed by atoms with E-state index in [4.69, 9.17) is 9.47 Å². The minimum Gasteiger partial charge on any atom is -0.504 e. The number of hydrogen-bond acceptors (Lipinski definition) is 5. The fourth-order valence-corrected chi connectivity index (χ4v) is 3.41. The number of alkyl carbamates (subject to hydrolysis) is 1. The largest absolute Gasteiger partial charge is 0.504 e. The summed E-state index contributed by atoms with van der Waals surface area (Å²) in [6.07, 6.45) is 1.61. The number of ether oxygens (including phenoxy) is 2. The van der Waals surface area contributed by atoms with Gasteiger partial charge in [-0.1, -0.05) is 0 Å². The summed E-state index contributed by atoms with van der Waals surface area (Å²) in [5.41, 5.74) is 1.07. The minimum atomic E-state index is -1.30. The molecule has 0 unspecified atom stereocenters. The van der Waals surface area contributed by atoms with E-state index in [1.165, 1.54) is 19.4 Å². The van der Waals surface area contributed by atoms with Gasteiger partial charge in [-0.2, -0.15) is 0 Å². The number of aromatic nitrogens is 1. The van der Waals surface area contributed by atoms with Crippen LogP contribution in [0.1, 0.15) is 32.9 Å². The number of nitrogens with zero attached hydrogens (tertiary/aromatic N) is 2. The molecule has 0 bridgehead atoms. The average molecular weight is 419 g/mol. The molecule has 1 amide bonds. The van der Waals surface area contributed by atoms with Crippen molar-refractivity contribution >= 4 is 28.8 Å². The Morgan fingerprint density at radius 3 is 2.73 bits per heavy atom. The second-order valence-corrected chi connectivity index (χ2v) is 8.24. The number of amides is 1. The lowest BCUT2D eigenvalue weighted by Gasteiger charge is -2.37. The zero-order valence-corrected chi connectivity index (χ0v) is 17.6. The van der Waals surface area contributed by atoms with Gasteiger partial charge in [-0.25, -0.2) is 18.6 Å². The van der Waals surface area contributed by atoms with Gasteiger partial charge in [-0.05, 0) is 57.5 Å². The van der Waals surface area contributed by atoms with Crippen LogP contribution in [-0.4, -0.2) is 49.1 Å². The van der Waals surface area contributed by atoms with Crippen LogP contribution in [0.2, 0.25) is 0 Å². The van der Waals surface area contributed by atoms with Crippen LogP contribution in [0.15, 0.2) is 30.5 Å². The lowest BCUT2D eigenvalue weighted by Crippen LogP contribution is -2.53. The Balaban J connectivity index is 1.79. The second kappa shape index (κ2) is 8.85. The highest BCUT2D eigenvalue weighted by Crippen LogP contribution is 2.30. The SMILES string of the molecule is COC=Cc1ccc2c(F)ccc(N3CC[C@@H](NC(=O)OC(C)(C)C)[C@@H](F)C3)c2n1. The van der Waals surface area contributed by atoms with E-state index in [2.05, 4.69) is 10.3 Å². The summed E-state index contributed by atoms with van der Waals surface area (Å²) in [5.74, 6) is -0.387. The molecule has 1 aromatic heterocycles. The molecule has 1 aliphatic heterocycles. The van der Waals surface area contributed by atoms with E-state index < -0.39 is 23.9 Å². The summed E-state index contributed by atoms with van der Waals surface area (Å²) in [6.45, 7) is 5.81. The molecule has 0 radical (unpaired) electrons. The number of anilines is 1. The Kier molecular flexibility index (Phi) is 6.43. The third-order valence-electron chi connectivity index (χ3n) is 4.76. The summed E-state index contributed by atoms with van der Waals surface area (Å²) in [7, 11) is 1.53. The number of benzene rings is 1. The normalized spacial score (nSPS) is 19.9. The molecule has 8 heteroatoms. The van der Waals surface area contributed by atoms with Crippen molar-refractivity contribution in [2.45, 2.75) is 45.0 Å². The third kappa shape index (κ3) is 5.17. The molecular formula is C22H27F2N3O3. The topological polar surface area (TPSA) is 63.7 Å². The summed E-state index contributed by atoms with van der Waals surface area (Å²) >= 11 is 0. The monoisotopic (exact) mass is 419 g/mol. The maximum atomic E-state index is 14.9. The zero-order valence-electron chi connectivity index (χ0n) is 17.6. The number of hydrogen-bond donors (Lipinski definition) is 1. The Morgan fingerprint density at radius 1 is 1.30 bits per heavy atom. The predicted octanol–water partition coefficient (Wildman–Crippen LogP) is 4.43. The number of rotatable bonds is 4. The van der Waals surface area contributed by atoms with Gasteiger partial charge in [0.05, 0.1) is 42.9 Å². The maximum Gasteiger partial charge on any atom is 0.407 e. The summed E-state index contributed by atoms with van der Waals surface area (Å²) < 4.78 is 39.3. The van der Waals surface area contributed by atoms with Gasteiger partial charge >= 0.3 is 6.09 Å². The van der Waals surface area contributed by atoms with Crippen LogP contribution in [0.3, 0.4) is 0 Å². The van der Waals surface area contributed by atoms with Crippen LogP contribution in [0.4, 0.5) is 19.3 Å². The first-order chi connectivity index (χ1) is 14.2. The molecule has 30 heavy (non-hydrogen) atoms. The van der Waals surface area contributed by atoms with E-state index in [1.807, 2.05) is 4.90 Å². The first-order valence-electron chi connectivity index (χ1n) is 9.85. The summed E-state index contributed by atoms with van der Waals surface area (Å²) in [4.78, 5) is 18.3. The molecule has 3 rings (SSSR count). The van der Waals surface area contributed by atoms with E-state index in [0.717, 1.165) is 0 Å². The maximum absolute atomic E-state index is 14.9. The van der Waals surface area contributed by atoms with Crippen molar-refractivity contribution in [1.29, 1.82) is 0 Å². The molecular weight excluding hydrogens is 392 g/mol. The highest BCUT2D eigenvalue weighted by Gasteiger charge is 2.32. The molecule has 1 saturated heterocycles. The number of carbonyl (C=O) groups excluding carboxylic acids is 1. The molecule has 1 aliphatic rings. The number of alkyl halides is 1. The molecule has 162 valence electrons. The van der Waals surface area contributed by atoms with Gasteiger partial charge in [-0.3, -0.25) is 0 Å². The van der Waals surface area contributed by atoms with Crippen molar-refractivity contribution in [3.63, 3.8) is 0 Å². The van der Waals surface area contributed by atoms with Gasteiger partial charge in [0.2, 0.25) is 0 Å². The van der Waals surface area contributed by atoms with E-state index >= 15 is 0 Å². The van der Waals surface area contributed by atoms with Crippen molar-refractivity contribution in [2.75, 3.05) is 25.1 Å². The highest BCUT2D eigenvalue weighted by atomic mass is 19.1. The minimum absolute atomic E-state index is 0.0566. The Morgan fingerprint density at radius 2 is 2.07 bits per heavy atom. The fraction of sp³-hybridized carbons (Fsp3) is 0.455. The molecule has 1 N–H and O–H groups in total. The number of pyridine rings is 1. The molecule has 6 nitrogen and oxygen atoms in total. The number of fused-ring (bicyclic) bond motifs is 1. The van der Waals surface area contributed by atoms with Crippen LogP contribution < -0.4 is 10.2 Å². The van der Waals surface area contributed by atoms with E-state index in [9.17, 15) is 13.6 Å². The zero-order chi connectivity index (χ0) is 21.9. The Bertz CT molecular complexity index is 943. The van der Waals surface area contributed by atoms with Gasteiger partial charge in [0, 0.05) is 11.9 Å². The molecule has 1 fully saturated rings. The van der Waals surface area contributed by atoms with Gasteiger partial charge < -0.3 is 19.7 Å². The predicted molar refractivity (Wildman–Crippen MR) is 113 cm³/mol. The van der Waals surface area contributed by atoms with E-state index in [-0.39, 0.29) is 12.4 Å². The van der Waals surface area contributed by atoms with Crippen molar-refractivity contribution < 1.29 is 23.0 Å². The number of piperidine rings is 1. The van der Waals surface area contributed by atoms with Crippen LogP contribution in [0.25, 0.3) is 17.0 Å². The molecule has 0 aliphatic carbocycles. The number of nitrogens with one attached hydrogen (secondary N) is 1. The van der Waals surface area contributed by atoms with Gasteiger partial charge in [0.15, 0.2) is 0 Å². The highest BCUT2D eigenvalue weighted by molar-refractivity contribution is 5.92. The van der Waals surface area contributed by atoms with Gasteiger partial charge in [0.1, 0.15) is 17.6 Å². The van der Waals surface area contributed by atoms with Crippen molar-refractivity contribution in [3.05, 3.63) is 42.0 Å². The average Bonchev–Trinajstić information content (AvgIpc) is 2.67. The molecule has 0 saturated carbocycles. The first kappa shape index (κ1) is 21.8. The van der Waals surface area contributed by atoms with Gasteiger partial charge in [0.25, 0.3) is 0 Å². The van der Waals surface area contributed by atoms with Gasteiger partial charge in [-0.15, -0.1) is 0 Å². The number of halogens is 2. The van der Waals surface area contributed by atoms with Crippen molar-refractivity contribution in [3.8, 4) is 0 Å². The molecule has 2 atom stereocenters. The molecule has 0 spiro atoms. The van der Waals surface area contributed by atoms with E-state index in [1.54, 1.807) is 45.0 Å². The molecule has 1 aromatic carbocycles. The number of carbonyl (C=O) groups is 1. The summed E-state index contributed by atoms with van der Waals surface area (Å²) in [6, 6.07) is 5.68. The van der Waals surface area contributed by atoms with Crippen molar-refractivity contribution in [1.82, 2.24) is 10.3 Å². The smallest absolute Gasteiger partial charge is 0.407 e. The Hall–Kier alpha value is -2.90. The van der Waals surface area contributed by atoms with Crippen LogP contribution in [0, 0.1) is 5.82 Å². The van der Waals surface area contributed by atoms with E-state index in [0.29, 0.717) is 35.2 Å². The lowest BCUT2D eigenvalue weighted by atomic mass is 10.0. The molecule has 2 heterocycles. The van der Waals surface area contributed by atoms with Crippen molar-refractivity contribution in [2.24, 2.45) is 0 Å².